The normalized spacial score (nSPS) is 22.5. The maximum Gasteiger partial charge on any atom is 0.336 e. The molecule has 34 heavy (non-hydrogen) atoms. The van der Waals surface area contributed by atoms with Crippen LogP contribution in [0.3, 0.4) is 0 Å². The minimum atomic E-state index is -0.583. The molecule has 7 heteroatoms. The lowest BCUT2D eigenvalue weighted by molar-refractivity contribution is -0.140. The Labute approximate surface area is 199 Å². The molecule has 1 aromatic rings. The van der Waals surface area contributed by atoms with E-state index in [9.17, 15) is 14.7 Å². The number of benzene rings is 1. The Morgan fingerprint density at radius 2 is 1.97 bits per heavy atom. The zero-order valence-electron chi connectivity index (χ0n) is 19.8. The number of rotatable bonds is 7. The summed E-state index contributed by atoms with van der Waals surface area (Å²) in [5.74, 6) is -0.128. The van der Waals surface area contributed by atoms with Crippen molar-refractivity contribution < 1.29 is 28.9 Å². The third-order valence-corrected chi connectivity index (χ3v) is 6.59. The Kier molecular flexibility index (Phi) is 7.22. The molecule has 7 nitrogen and oxygen atoms in total. The second kappa shape index (κ2) is 10.3. The second-order valence-corrected chi connectivity index (χ2v) is 8.77. The van der Waals surface area contributed by atoms with Gasteiger partial charge in [0.2, 0.25) is 0 Å². The fourth-order valence-corrected chi connectivity index (χ4v) is 5.07. The standard InChI is InChI=1S/C27H31NO6/c1-16-24(27(31)34-12-11-32-2)25(17-7-6-8-19(29)13-17)26-21(28-16)14-18(15-22(26)30)20-9-4-5-10-23(20)33-3/h4-5,7,9-10,13,18,25,28-29H,6,8,11-12,14-15H2,1-3H3. The third-order valence-electron chi connectivity index (χ3n) is 6.59. The molecule has 2 atom stereocenters. The van der Waals surface area contributed by atoms with E-state index in [1.54, 1.807) is 20.3 Å². The van der Waals surface area contributed by atoms with Crippen LogP contribution in [0.1, 0.15) is 44.1 Å². The SMILES string of the molecule is COCCOC(=O)C1=C(C)NC2=C(C(=O)CC(c3ccccc3OC)C2)C1C1=CCCC(O)=C1. The van der Waals surface area contributed by atoms with Gasteiger partial charge in [0, 0.05) is 48.8 Å². The monoisotopic (exact) mass is 465 g/mol. The van der Waals surface area contributed by atoms with Gasteiger partial charge in [-0.15, -0.1) is 0 Å². The summed E-state index contributed by atoms with van der Waals surface area (Å²) in [5.41, 5.74) is 4.18. The molecule has 2 unspecified atom stereocenters. The summed E-state index contributed by atoms with van der Waals surface area (Å²) in [6, 6.07) is 7.76. The van der Waals surface area contributed by atoms with Crippen molar-refractivity contribution in [3.63, 3.8) is 0 Å². The van der Waals surface area contributed by atoms with E-state index in [1.807, 2.05) is 37.3 Å². The number of ketones is 1. The molecule has 4 rings (SSSR count). The molecule has 2 aliphatic carbocycles. The second-order valence-electron chi connectivity index (χ2n) is 8.77. The lowest BCUT2D eigenvalue weighted by Gasteiger charge is -2.37. The predicted molar refractivity (Wildman–Crippen MR) is 127 cm³/mol. The van der Waals surface area contributed by atoms with Crippen LogP contribution < -0.4 is 10.1 Å². The van der Waals surface area contributed by atoms with Crippen molar-refractivity contribution in [2.75, 3.05) is 27.4 Å². The molecule has 3 aliphatic rings. The number of allylic oxidation sites excluding steroid dienone is 7. The van der Waals surface area contributed by atoms with Crippen molar-refractivity contribution in [3.8, 4) is 5.75 Å². The van der Waals surface area contributed by atoms with E-state index in [-0.39, 0.29) is 30.7 Å². The number of nitrogens with one attached hydrogen (secondary N) is 1. The Bertz CT molecular complexity index is 1110. The van der Waals surface area contributed by atoms with Crippen molar-refractivity contribution in [2.45, 2.75) is 38.5 Å². The maximum absolute atomic E-state index is 13.6. The average Bonchev–Trinajstić information content (AvgIpc) is 2.83. The van der Waals surface area contributed by atoms with Gasteiger partial charge in [-0.2, -0.15) is 0 Å². The van der Waals surface area contributed by atoms with Gasteiger partial charge in [0.05, 0.1) is 25.0 Å². The minimum Gasteiger partial charge on any atom is -0.512 e. The molecule has 1 aromatic carbocycles. The smallest absolute Gasteiger partial charge is 0.336 e. The number of esters is 1. The summed E-state index contributed by atoms with van der Waals surface area (Å²) in [5, 5.41) is 13.6. The first-order valence-electron chi connectivity index (χ1n) is 11.6. The molecule has 180 valence electrons. The summed E-state index contributed by atoms with van der Waals surface area (Å²) in [4.78, 5) is 26.8. The summed E-state index contributed by atoms with van der Waals surface area (Å²) >= 11 is 0. The molecule has 1 heterocycles. The number of ether oxygens (including phenoxy) is 3. The number of para-hydroxylation sites is 1. The summed E-state index contributed by atoms with van der Waals surface area (Å²) in [6.45, 7) is 2.23. The van der Waals surface area contributed by atoms with Gasteiger partial charge in [0.1, 0.15) is 12.4 Å². The Hall–Kier alpha value is -3.32. The molecular weight excluding hydrogens is 434 g/mol. The molecule has 0 radical (unpaired) electrons. The van der Waals surface area contributed by atoms with Crippen molar-refractivity contribution in [2.24, 2.45) is 5.92 Å². The number of hydrogen-bond donors (Lipinski definition) is 2. The van der Waals surface area contributed by atoms with Gasteiger partial charge in [-0.25, -0.2) is 4.79 Å². The Morgan fingerprint density at radius 1 is 1.18 bits per heavy atom. The molecule has 0 saturated carbocycles. The molecule has 0 spiro atoms. The number of carbonyl (C=O) groups is 2. The van der Waals surface area contributed by atoms with Crippen LogP contribution in [-0.2, 0) is 19.1 Å². The van der Waals surface area contributed by atoms with Crippen molar-refractivity contribution in [3.05, 3.63) is 75.9 Å². The van der Waals surface area contributed by atoms with E-state index < -0.39 is 11.9 Å². The highest BCUT2D eigenvalue weighted by atomic mass is 16.6. The number of Topliss-reactive ketones (excluding diaryl/α,β-unsaturated/α-hetero) is 1. The topological polar surface area (TPSA) is 94.1 Å². The number of aliphatic hydroxyl groups excluding tert-OH is 1. The lowest BCUT2D eigenvalue weighted by atomic mass is 9.70. The average molecular weight is 466 g/mol. The fourth-order valence-electron chi connectivity index (χ4n) is 5.07. The molecular formula is C27H31NO6. The Balaban J connectivity index is 1.74. The van der Waals surface area contributed by atoms with Gasteiger partial charge in [-0.3, -0.25) is 4.79 Å². The van der Waals surface area contributed by atoms with Gasteiger partial charge < -0.3 is 24.6 Å². The fraction of sp³-hybridized carbons (Fsp3) is 0.407. The van der Waals surface area contributed by atoms with Gasteiger partial charge >= 0.3 is 5.97 Å². The van der Waals surface area contributed by atoms with Crippen LogP contribution >= 0.6 is 0 Å². The van der Waals surface area contributed by atoms with Crippen LogP contribution in [0, 0.1) is 5.92 Å². The first-order valence-corrected chi connectivity index (χ1v) is 11.6. The largest absolute Gasteiger partial charge is 0.512 e. The van der Waals surface area contributed by atoms with Gasteiger partial charge in [-0.05, 0) is 43.0 Å². The van der Waals surface area contributed by atoms with Crippen LogP contribution in [-0.4, -0.2) is 44.3 Å². The highest BCUT2D eigenvalue weighted by Gasteiger charge is 2.42. The first-order chi connectivity index (χ1) is 16.4. The zero-order chi connectivity index (χ0) is 24.2. The minimum absolute atomic E-state index is 0.0243. The van der Waals surface area contributed by atoms with Gasteiger partial charge in [-0.1, -0.05) is 24.3 Å². The van der Waals surface area contributed by atoms with Crippen molar-refractivity contribution in [1.29, 1.82) is 0 Å². The first kappa shape index (κ1) is 23.8. The van der Waals surface area contributed by atoms with E-state index in [4.69, 9.17) is 14.2 Å². The molecule has 0 fully saturated rings. The number of hydrogen-bond acceptors (Lipinski definition) is 7. The lowest BCUT2D eigenvalue weighted by Crippen LogP contribution is -2.38. The Morgan fingerprint density at radius 3 is 2.71 bits per heavy atom. The van der Waals surface area contributed by atoms with Gasteiger partial charge in [0.25, 0.3) is 0 Å². The summed E-state index contributed by atoms with van der Waals surface area (Å²) in [7, 11) is 3.17. The number of aliphatic hydroxyl groups is 1. The zero-order valence-corrected chi connectivity index (χ0v) is 19.8. The van der Waals surface area contributed by atoms with E-state index in [0.29, 0.717) is 42.5 Å². The quantitative estimate of drug-likeness (QED) is 0.459. The number of methoxy groups -OCH3 is 2. The van der Waals surface area contributed by atoms with E-state index in [0.717, 1.165) is 22.6 Å². The van der Waals surface area contributed by atoms with E-state index in [1.165, 1.54) is 0 Å². The van der Waals surface area contributed by atoms with Crippen LogP contribution in [0.15, 0.2) is 70.3 Å². The van der Waals surface area contributed by atoms with E-state index >= 15 is 0 Å². The van der Waals surface area contributed by atoms with Crippen LogP contribution in [0.25, 0.3) is 0 Å². The molecule has 0 aromatic heterocycles. The molecule has 1 aliphatic heterocycles. The highest BCUT2D eigenvalue weighted by molar-refractivity contribution is 6.03. The predicted octanol–water partition coefficient (Wildman–Crippen LogP) is 4.24. The van der Waals surface area contributed by atoms with Gasteiger partial charge in [0.15, 0.2) is 5.78 Å². The van der Waals surface area contributed by atoms with Crippen LogP contribution in [0.4, 0.5) is 0 Å². The number of carbonyl (C=O) groups excluding carboxylic acids is 2. The van der Waals surface area contributed by atoms with Crippen LogP contribution in [0.5, 0.6) is 5.75 Å². The maximum atomic E-state index is 13.6. The molecule has 0 saturated heterocycles. The van der Waals surface area contributed by atoms with Crippen LogP contribution in [0.2, 0.25) is 0 Å². The summed E-state index contributed by atoms with van der Waals surface area (Å²) in [6.07, 6.45) is 5.79. The molecule has 0 bridgehead atoms. The summed E-state index contributed by atoms with van der Waals surface area (Å²) < 4.78 is 16.0. The van der Waals surface area contributed by atoms with E-state index in [2.05, 4.69) is 5.32 Å². The number of dihydropyridines is 1. The van der Waals surface area contributed by atoms with Crippen molar-refractivity contribution in [1.82, 2.24) is 5.32 Å². The third kappa shape index (κ3) is 4.66. The van der Waals surface area contributed by atoms with Crippen molar-refractivity contribution >= 4 is 11.8 Å². The molecule has 2 N–H and O–H groups in total. The molecule has 0 amide bonds. The highest BCUT2D eigenvalue weighted by Crippen LogP contribution is 2.46.